The van der Waals surface area contributed by atoms with Crippen molar-refractivity contribution in [1.29, 1.82) is 0 Å². The van der Waals surface area contributed by atoms with Gasteiger partial charge >= 0.3 is 11.9 Å². The molecule has 6 nitrogen and oxygen atoms in total. The summed E-state index contributed by atoms with van der Waals surface area (Å²) in [6.45, 7) is 11.1. The molecule has 0 saturated heterocycles. The average Bonchev–Trinajstić information content (AvgIpc) is 2.35. The summed E-state index contributed by atoms with van der Waals surface area (Å²) in [7, 11) is 3.85. The molecule has 0 rings (SSSR count). The van der Waals surface area contributed by atoms with E-state index in [1.165, 1.54) is 0 Å². The van der Waals surface area contributed by atoms with Crippen LogP contribution >= 0.6 is 0 Å². The molecular formula is C14H25NO5. The Morgan fingerprint density at radius 2 is 1.40 bits per heavy atom. The normalized spacial score (nSPS) is 9.30. The molecule has 0 aliphatic rings. The lowest BCUT2D eigenvalue weighted by atomic mass is 10.4. The molecule has 0 amide bonds. The summed E-state index contributed by atoms with van der Waals surface area (Å²) in [5, 5.41) is 8.19. The molecule has 0 atom stereocenters. The molecule has 0 unspecified atom stereocenters. The molecule has 6 heteroatoms. The zero-order valence-corrected chi connectivity index (χ0v) is 12.8. The van der Waals surface area contributed by atoms with Crippen LogP contribution in [0.2, 0.25) is 0 Å². The minimum Gasteiger partial charge on any atom is -0.461 e. The highest BCUT2D eigenvalue weighted by Crippen LogP contribution is 1.91. The van der Waals surface area contributed by atoms with Crippen molar-refractivity contribution in [3.8, 4) is 0 Å². The number of likely N-dealkylation sites (N-methyl/N-ethyl adjacent to an activating group) is 1. The first-order valence-electron chi connectivity index (χ1n) is 6.13. The summed E-state index contributed by atoms with van der Waals surface area (Å²) < 4.78 is 9.30. The second-order valence-electron chi connectivity index (χ2n) is 4.36. The highest BCUT2D eigenvalue weighted by Gasteiger charge is 2.01. The molecule has 0 bridgehead atoms. The van der Waals surface area contributed by atoms with Gasteiger partial charge in [0.2, 0.25) is 0 Å². The van der Waals surface area contributed by atoms with Crippen molar-refractivity contribution < 1.29 is 24.2 Å². The summed E-state index contributed by atoms with van der Waals surface area (Å²) >= 11 is 0. The smallest absolute Gasteiger partial charge is 0.333 e. The molecule has 0 aromatic heterocycles. The molecule has 0 aromatic rings. The number of hydrogen-bond acceptors (Lipinski definition) is 6. The third kappa shape index (κ3) is 14.4. The summed E-state index contributed by atoms with van der Waals surface area (Å²) in [4.78, 5) is 23.2. The summed E-state index contributed by atoms with van der Waals surface area (Å²) in [6.07, 6.45) is 0. The van der Waals surface area contributed by atoms with Crippen LogP contribution in [0.3, 0.4) is 0 Å². The summed E-state index contributed by atoms with van der Waals surface area (Å²) in [5.74, 6) is -0.768. The van der Waals surface area contributed by atoms with E-state index in [1.54, 1.807) is 13.8 Å². The first-order valence-corrected chi connectivity index (χ1v) is 6.13. The molecule has 116 valence electrons. The molecule has 0 radical (unpaired) electrons. The highest BCUT2D eigenvalue weighted by atomic mass is 16.5. The molecule has 0 heterocycles. The van der Waals surface area contributed by atoms with E-state index in [0.717, 1.165) is 6.54 Å². The Labute approximate surface area is 120 Å². The number of aliphatic hydroxyl groups is 1. The second-order valence-corrected chi connectivity index (χ2v) is 4.36. The molecular weight excluding hydrogens is 262 g/mol. The molecule has 0 aliphatic carbocycles. The third-order valence-corrected chi connectivity index (χ3v) is 1.79. The monoisotopic (exact) mass is 287 g/mol. The Bertz CT molecular complexity index is 336. The number of esters is 2. The fraction of sp³-hybridized carbons (Fsp3) is 0.571. The average molecular weight is 287 g/mol. The zero-order valence-electron chi connectivity index (χ0n) is 12.8. The number of nitrogens with zero attached hydrogens (tertiary/aromatic N) is 1. The lowest BCUT2D eigenvalue weighted by Crippen LogP contribution is -2.20. The lowest BCUT2D eigenvalue weighted by Gasteiger charge is -2.09. The van der Waals surface area contributed by atoms with Gasteiger partial charge in [-0.25, -0.2) is 9.59 Å². The maximum absolute atomic E-state index is 10.8. The van der Waals surface area contributed by atoms with Crippen molar-refractivity contribution in [3.05, 3.63) is 24.3 Å². The van der Waals surface area contributed by atoms with E-state index in [2.05, 4.69) is 17.9 Å². The number of carbonyl (C=O) groups is 2. The van der Waals surface area contributed by atoms with Crippen molar-refractivity contribution >= 4 is 11.9 Å². The Kier molecular flexibility index (Phi) is 12.8. The van der Waals surface area contributed by atoms with Gasteiger partial charge in [0, 0.05) is 17.7 Å². The van der Waals surface area contributed by atoms with Gasteiger partial charge < -0.3 is 19.5 Å². The van der Waals surface area contributed by atoms with Gasteiger partial charge in [0.05, 0.1) is 6.61 Å². The fourth-order valence-corrected chi connectivity index (χ4v) is 0.706. The van der Waals surface area contributed by atoms with Crippen LogP contribution in [0.25, 0.3) is 0 Å². The number of aliphatic hydroxyl groups excluding tert-OH is 1. The van der Waals surface area contributed by atoms with Crippen LogP contribution in [0, 0.1) is 0 Å². The van der Waals surface area contributed by atoms with Crippen LogP contribution < -0.4 is 0 Å². The van der Waals surface area contributed by atoms with Crippen molar-refractivity contribution in [2.75, 3.05) is 40.5 Å². The number of rotatable bonds is 7. The third-order valence-electron chi connectivity index (χ3n) is 1.79. The van der Waals surface area contributed by atoms with Crippen molar-refractivity contribution in [1.82, 2.24) is 4.90 Å². The van der Waals surface area contributed by atoms with Crippen molar-refractivity contribution in [2.24, 2.45) is 0 Å². The van der Waals surface area contributed by atoms with Gasteiger partial charge in [0.25, 0.3) is 0 Å². The van der Waals surface area contributed by atoms with Gasteiger partial charge in [-0.05, 0) is 27.9 Å². The van der Waals surface area contributed by atoms with E-state index in [9.17, 15) is 9.59 Å². The number of hydrogen-bond donors (Lipinski definition) is 1. The first-order chi connectivity index (χ1) is 9.22. The molecule has 0 spiro atoms. The van der Waals surface area contributed by atoms with Crippen LogP contribution in [-0.4, -0.2) is 62.4 Å². The first kappa shape index (κ1) is 20.7. The van der Waals surface area contributed by atoms with Crippen LogP contribution in [0.5, 0.6) is 0 Å². The zero-order chi connectivity index (χ0) is 16.1. The van der Waals surface area contributed by atoms with Gasteiger partial charge in [-0.15, -0.1) is 0 Å². The SMILES string of the molecule is C=C(C)C(=O)OCCN(C)C.C=C(C)C(=O)OCCO. The number of ether oxygens (including phenoxy) is 2. The van der Waals surface area contributed by atoms with Gasteiger partial charge in [-0.3, -0.25) is 0 Å². The molecule has 20 heavy (non-hydrogen) atoms. The molecule has 0 saturated carbocycles. The highest BCUT2D eigenvalue weighted by molar-refractivity contribution is 5.87. The Hall–Kier alpha value is -1.66. The van der Waals surface area contributed by atoms with E-state index in [0.29, 0.717) is 17.8 Å². The predicted octanol–water partition coefficient (Wildman–Crippen LogP) is 0.765. The summed E-state index contributed by atoms with van der Waals surface area (Å²) in [6, 6.07) is 0. The van der Waals surface area contributed by atoms with E-state index in [1.807, 2.05) is 19.0 Å². The topological polar surface area (TPSA) is 76.1 Å². The van der Waals surface area contributed by atoms with Crippen LogP contribution in [0.4, 0.5) is 0 Å². The van der Waals surface area contributed by atoms with E-state index < -0.39 is 5.97 Å². The van der Waals surface area contributed by atoms with Crippen LogP contribution in [-0.2, 0) is 19.1 Å². The minimum absolute atomic E-state index is 0.0473. The second kappa shape index (κ2) is 12.4. The van der Waals surface area contributed by atoms with Gasteiger partial charge in [-0.2, -0.15) is 0 Å². The maximum Gasteiger partial charge on any atom is 0.333 e. The quantitative estimate of drug-likeness (QED) is 0.550. The fourth-order valence-electron chi connectivity index (χ4n) is 0.706. The maximum atomic E-state index is 10.8. The Morgan fingerprint density at radius 1 is 1.00 bits per heavy atom. The Morgan fingerprint density at radius 3 is 1.70 bits per heavy atom. The van der Waals surface area contributed by atoms with Gasteiger partial charge in [0.15, 0.2) is 0 Å². The van der Waals surface area contributed by atoms with Gasteiger partial charge in [-0.1, -0.05) is 13.2 Å². The van der Waals surface area contributed by atoms with Crippen molar-refractivity contribution in [2.45, 2.75) is 13.8 Å². The number of carbonyl (C=O) groups excluding carboxylic acids is 2. The van der Waals surface area contributed by atoms with Crippen LogP contribution in [0.15, 0.2) is 24.3 Å². The standard InChI is InChI=1S/C8H15NO2.C6H10O3/c1-7(2)8(10)11-6-5-9(3)4;1-5(2)6(8)9-4-3-7/h1,5-6H2,2-4H3;7H,1,3-4H2,2H3. The Balaban J connectivity index is 0. The molecule has 1 N–H and O–H groups in total. The van der Waals surface area contributed by atoms with Crippen LogP contribution in [0.1, 0.15) is 13.8 Å². The van der Waals surface area contributed by atoms with E-state index in [4.69, 9.17) is 9.84 Å². The minimum atomic E-state index is -0.455. The summed E-state index contributed by atoms with van der Waals surface area (Å²) in [5.41, 5.74) is 0.798. The van der Waals surface area contributed by atoms with E-state index in [-0.39, 0.29) is 19.2 Å². The molecule has 0 aromatic carbocycles. The van der Waals surface area contributed by atoms with Crippen molar-refractivity contribution in [3.63, 3.8) is 0 Å². The largest absolute Gasteiger partial charge is 0.461 e. The lowest BCUT2D eigenvalue weighted by molar-refractivity contribution is -0.140. The molecule has 0 aliphatic heterocycles. The molecule has 0 fully saturated rings. The van der Waals surface area contributed by atoms with Gasteiger partial charge in [0.1, 0.15) is 13.2 Å². The van der Waals surface area contributed by atoms with E-state index >= 15 is 0 Å². The predicted molar refractivity (Wildman–Crippen MR) is 77.2 cm³/mol.